The molecule has 0 N–H and O–H groups in total. The number of hydrogen-bond donors (Lipinski definition) is 0. The summed E-state index contributed by atoms with van der Waals surface area (Å²) in [6, 6.07) is 0. The lowest BCUT2D eigenvalue weighted by Gasteiger charge is -2.23. The van der Waals surface area contributed by atoms with Gasteiger partial charge in [-0.25, -0.2) is 0 Å². The summed E-state index contributed by atoms with van der Waals surface area (Å²) in [6.45, 7) is 25.9. The molecule has 0 unspecified atom stereocenters. The first-order valence-electron chi connectivity index (χ1n) is 5.39. The van der Waals surface area contributed by atoms with Gasteiger partial charge in [0.15, 0.2) is 0 Å². The van der Waals surface area contributed by atoms with Gasteiger partial charge in [-0.05, 0) is 25.0 Å². The molecule has 0 aromatic heterocycles. The van der Waals surface area contributed by atoms with Crippen LogP contribution in [0.4, 0.5) is 0 Å². The van der Waals surface area contributed by atoms with Gasteiger partial charge < -0.3 is 0 Å². The van der Waals surface area contributed by atoms with Crippen LogP contribution >= 0.6 is 0 Å². The summed E-state index contributed by atoms with van der Waals surface area (Å²) in [5, 5.41) is 0. The summed E-state index contributed by atoms with van der Waals surface area (Å²) in [7, 11) is 0. The molecular weight excluding hydrogens is 194 g/mol. The predicted molar refractivity (Wildman–Crippen MR) is 74.5 cm³/mol. The largest absolute Gasteiger partial charge is 0.291 e. The molecular formula is C15H23N. The van der Waals surface area contributed by atoms with Gasteiger partial charge in [-0.3, -0.25) is 4.90 Å². The molecule has 0 atom stereocenters. The van der Waals surface area contributed by atoms with Crippen molar-refractivity contribution in [2.75, 3.05) is 19.6 Å². The van der Waals surface area contributed by atoms with Gasteiger partial charge >= 0.3 is 0 Å². The van der Waals surface area contributed by atoms with Crippen molar-refractivity contribution < 1.29 is 0 Å². The van der Waals surface area contributed by atoms with E-state index >= 15 is 0 Å². The van der Waals surface area contributed by atoms with E-state index < -0.39 is 0 Å². The number of rotatable bonds is 8. The summed E-state index contributed by atoms with van der Waals surface area (Å²) in [5.74, 6) is 0. The van der Waals surface area contributed by atoms with Crippen LogP contribution in [0.15, 0.2) is 61.3 Å². The molecule has 0 aromatic carbocycles. The molecule has 0 amide bonds. The highest BCUT2D eigenvalue weighted by Gasteiger charge is 2.07. The normalized spacial score (nSPS) is 9.94. The Morgan fingerprint density at radius 3 is 1.56 bits per heavy atom. The Morgan fingerprint density at radius 1 is 0.938 bits per heavy atom. The van der Waals surface area contributed by atoms with Crippen molar-refractivity contribution in [3.05, 3.63) is 61.3 Å². The minimum absolute atomic E-state index is 0.799. The van der Waals surface area contributed by atoms with Crippen LogP contribution in [0.1, 0.15) is 13.8 Å². The predicted octanol–water partition coefficient (Wildman–Crippen LogP) is 3.74. The Labute approximate surface area is 100 Å². The molecule has 0 spiro atoms. The SMILES string of the molecule is C=CCN(CC(=C)C(=C)C)CC(=C)C(=C)C. The highest BCUT2D eigenvalue weighted by Crippen LogP contribution is 2.11. The molecule has 0 saturated carbocycles. The fourth-order valence-corrected chi connectivity index (χ4v) is 1.18. The lowest BCUT2D eigenvalue weighted by molar-refractivity contribution is 0.360. The van der Waals surface area contributed by atoms with Crippen LogP contribution < -0.4 is 0 Å². The van der Waals surface area contributed by atoms with Crippen molar-refractivity contribution in [3.8, 4) is 0 Å². The molecule has 0 aliphatic rings. The van der Waals surface area contributed by atoms with Gasteiger partial charge in [-0.1, -0.05) is 43.5 Å². The lowest BCUT2D eigenvalue weighted by Crippen LogP contribution is -2.28. The fraction of sp³-hybridized carbons (Fsp3) is 0.333. The van der Waals surface area contributed by atoms with E-state index in [-0.39, 0.29) is 0 Å². The molecule has 1 nitrogen and oxygen atoms in total. The maximum Gasteiger partial charge on any atom is 0.0237 e. The molecule has 1 heteroatoms. The van der Waals surface area contributed by atoms with Gasteiger partial charge in [0, 0.05) is 19.6 Å². The van der Waals surface area contributed by atoms with Crippen molar-refractivity contribution >= 4 is 0 Å². The molecule has 0 radical (unpaired) electrons. The molecule has 88 valence electrons. The topological polar surface area (TPSA) is 3.24 Å². The fourth-order valence-electron chi connectivity index (χ4n) is 1.18. The number of hydrogen-bond acceptors (Lipinski definition) is 1. The second-order valence-corrected chi connectivity index (χ2v) is 4.23. The first-order chi connectivity index (χ1) is 7.38. The molecule has 0 rings (SSSR count). The van der Waals surface area contributed by atoms with Crippen LogP contribution in [0.3, 0.4) is 0 Å². The van der Waals surface area contributed by atoms with Gasteiger partial charge in [-0.2, -0.15) is 0 Å². The Kier molecular flexibility index (Phi) is 6.43. The van der Waals surface area contributed by atoms with Gasteiger partial charge in [-0.15, -0.1) is 6.58 Å². The highest BCUT2D eigenvalue weighted by molar-refractivity contribution is 5.27. The van der Waals surface area contributed by atoms with Gasteiger partial charge in [0.1, 0.15) is 0 Å². The third-order valence-electron chi connectivity index (χ3n) is 2.42. The van der Waals surface area contributed by atoms with Crippen molar-refractivity contribution in [3.63, 3.8) is 0 Å². The molecule has 0 aromatic rings. The summed E-state index contributed by atoms with van der Waals surface area (Å²) < 4.78 is 0. The molecule has 16 heavy (non-hydrogen) atoms. The van der Waals surface area contributed by atoms with E-state index in [1.54, 1.807) is 0 Å². The van der Waals surface area contributed by atoms with Crippen molar-refractivity contribution in [2.45, 2.75) is 13.8 Å². The molecule has 0 aliphatic carbocycles. The Hall–Kier alpha value is -1.34. The number of nitrogens with zero attached hydrogens (tertiary/aromatic N) is 1. The quantitative estimate of drug-likeness (QED) is 0.442. The molecule has 0 fully saturated rings. The van der Waals surface area contributed by atoms with Crippen LogP contribution in [0.5, 0.6) is 0 Å². The molecule has 0 heterocycles. The van der Waals surface area contributed by atoms with E-state index in [1.165, 1.54) is 0 Å². The van der Waals surface area contributed by atoms with Crippen LogP contribution in [0.2, 0.25) is 0 Å². The molecule has 0 bridgehead atoms. The zero-order valence-electron chi connectivity index (χ0n) is 10.7. The maximum absolute atomic E-state index is 4.00. The third kappa shape index (κ3) is 5.52. The van der Waals surface area contributed by atoms with Crippen LogP contribution in [0.25, 0.3) is 0 Å². The molecule has 0 aliphatic heterocycles. The highest BCUT2D eigenvalue weighted by atomic mass is 15.1. The summed E-state index contributed by atoms with van der Waals surface area (Å²) in [4.78, 5) is 2.22. The zero-order valence-corrected chi connectivity index (χ0v) is 10.7. The summed E-state index contributed by atoms with van der Waals surface area (Å²) in [6.07, 6.45) is 1.89. The second kappa shape index (κ2) is 7.02. The smallest absolute Gasteiger partial charge is 0.0237 e. The lowest BCUT2D eigenvalue weighted by atomic mass is 10.1. The van der Waals surface area contributed by atoms with Crippen LogP contribution in [-0.2, 0) is 0 Å². The average molecular weight is 217 g/mol. The van der Waals surface area contributed by atoms with E-state index in [2.05, 4.69) is 37.8 Å². The van der Waals surface area contributed by atoms with E-state index in [9.17, 15) is 0 Å². The van der Waals surface area contributed by atoms with Crippen molar-refractivity contribution in [1.82, 2.24) is 4.90 Å². The summed E-state index contributed by atoms with van der Waals surface area (Å²) >= 11 is 0. The monoisotopic (exact) mass is 217 g/mol. The van der Waals surface area contributed by atoms with Crippen molar-refractivity contribution in [2.24, 2.45) is 0 Å². The summed E-state index contributed by atoms with van der Waals surface area (Å²) in [5.41, 5.74) is 4.15. The van der Waals surface area contributed by atoms with Gasteiger partial charge in [0.05, 0.1) is 0 Å². The second-order valence-electron chi connectivity index (χ2n) is 4.23. The van der Waals surface area contributed by atoms with Gasteiger partial charge in [0.2, 0.25) is 0 Å². The minimum Gasteiger partial charge on any atom is -0.291 e. The van der Waals surface area contributed by atoms with Crippen LogP contribution in [0, 0.1) is 0 Å². The van der Waals surface area contributed by atoms with E-state index in [0.717, 1.165) is 41.9 Å². The van der Waals surface area contributed by atoms with E-state index in [1.807, 2.05) is 19.9 Å². The average Bonchev–Trinajstić information content (AvgIpc) is 2.17. The van der Waals surface area contributed by atoms with Crippen LogP contribution in [-0.4, -0.2) is 24.5 Å². The van der Waals surface area contributed by atoms with E-state index in [0.29, 0.717) is 0 Å². The van der Waals surface area contributed by atoms with Gasteiger partial charge in [0.25, 0.3) is 0 Å². The first-order valence-corrected chi connectivity index (χ1v) is 5.39. The maximum atomic E-state index is 4.00. The minimum atomic E-state index is 0.799. The first kappa shape index (κ1) is 14.7. The third-order valence-corrected chi connectivity index (χ3v) is 2.42. The molecule has 0 saturated heterocycles. The zero-order chi connectivity index (χ0) is 12.7. The Balaban J connectivity index is 4.44. The Bertz CT molecular complexity index is 292. The van der Waals surface area contributed by atoms with Crippen molar-refractivity contribution in [1.29, 1.82) is 0 Å². The van der Waals surface area contributed by atoms with E-state index in [4.69, 9.17) is 0 Å². The standard InChI is InChI=1S/C15H23N/c1-8-9-16(10-14(6)12(2)3)11-15(7)13(4)5/h8H,1-2,4,6-7,9-11H2,3,5H3. The Morgan fingerprint density at radius 2 is 1.31 bits per heavy atom.